The van der Waals surface area contributed by atoms with Crippen LogP contribution in [-0.2, 0) is 9.53 Å². The minimum Gasteiger partial charge on any atom is -0.500 e. The SMILES string of the molecule is COC(C)=C(C(=O)O)c1c(C)ncnc1Oc1cccc(C(C)C)c1. The van der Waals surface area contributed by atoms with Gasteiger partial charge in [0.1, 0.15) is 23.4 Å². The topological polar surface area (TPSA) is 81.5 Å². The molecule has 0 aliphatic heterocycles. The minimum atomic E-state index is -1.13. The molecule has 25 heavy (non-hydrogen) atoms. The van der Waals surface area contributed by atoms with Crippen LogP contribution in [0.4, 0.5) is 0 Å². The number of carbonyl (C=O) groups is 1. The van der Waals surface area contributed by atoms with Gasteiger partial charge in [0.05, 0.1) is 18.4 Å². The summed E-state index contributed by atoms with van der Waals surface area (Å²) in [6.45, 7) is 7.47. The first-order chi connectivity index (χ1) is 11.8. The number of nitrogens with zero attached hydrogens (tertiary/aromatic N) is 2. The first-order valence-electron chi connectivity index (χ1n) is 7.93. The van der Waals surface area contributed by atoms with Crippen LogP contribution in [0.1, 0.15) is 43.5 Å². The van der Waals surface area contributed by atoms with Crippen molar-refractivity contribution >= 4 is 11.5 Å². The van der Waals surface area contributed by atoms with Crippen LogP contribution in [0.2, 0.25) is 0 Å². The molecule has 0 fully saturated rings. The summed E-state index contributed by atoms with van der Waals surface area (Å²) in [6, 6.07) is 7.63. The number of allylic oxidation sites excluding steroid dienone is 1. The van der Waals surface area contributed by atoms with Crippen LogP contribution < -0.4 is 4.74 Å². The molecule has 1 aromatic heterocycles. The van der Waals surface area contributed by atoms with Crippen LogP contribution in [0.5, 0.6) is 11.6 Å². The molecule has 2 aromatic rings. The lowest BCUT2D eigenvalue weighted by molar-refractivity contribution is -0.130. The molecule has 0 saturated carbocycles. The molecular formula is C19H22N2O4. The van der Waals surface area contributed by atoms with E-state index in [1.54, 1.807) is 19.9 Å². The second-order valence-corrected chi connectivity index (χ2v) is 5.91. The zero-order valence-electron chi connectivity index (χ0n) is 15.0. The Hall–Kier alpha value is -2.89. The molecule has 0 unspecified atom stereocenters. The zero-order chi connectivity index (χ0) is 18.6. The molecule has 1 heterocycles. The van der Waals surface area contributed by atoms with Gasteiger partial charge in [-0.25, -0.2) is 14.8 Å². The number of aryl methyl sites for hydroxylation is 1. The summed E-state index contributed by atoms with van der Waals surface area (Å²) in [5.74, 6) is 0.247. The van der Waals surface area contributed by atoms with Crippen molar-refractivity contribution in [3.05, 3.63) is 53.2 Å². The number of methoxy groups -OCH3 is 1. The Balaban J connectivity index is 2.55. The van der Waals surface area contributed by atoms with E-state index in [0.717, 1.165) is 5.56 Å². The normalized spacial score (nSPS) is 11.9. The number of aliphatic carboxylic acids is 1. The van der Waals surface area contributed by atoms with Gasteiger partial charge in [-0.1, -0.05) is 26.0 Å². The van der Waals surface area contributed by atoms with Crippen LogP contribution in [0, 0.1) is 6.92 Å². The average molecular weight is 342 g/mol. The highest BCUT2D eigenvalue weighted by Gasteiger charge is 2.24. The van der Waals surface area contributed by atoms with Crippen molar-refractivity contribution in [2.75, 3.05) is 7.11 Å². The lowest BCUT2D eigenvalue weighted by Gasteiger charge is -2.15. The molecule has 0 atom stereocenters. The molecule has 6 nitrogen and oxygen atoms in total. The summed E-state index contributed by atoms with van der Waals surface area (Å²) in [6.07, 6.45) is 1.35. The number of benzene rings is 1. The average Bonchev–Trinajstić information content (AvgIpc) is 2.57. The summed E-state index contributed by atoms with van der Waals surface area (Å²) < 4.78 is 11.0. The zero-order valence-corrected chi connectivity index (χ0v) is 15.0. The van der Waals surface area contributed by atoms with Crippen LogP contribution in [-0.4, -0.2) is 28.2 Å². The maximum absolute atomic E-state index is 11.8. The highest BCUT2D eigenvalue weighted by atomic mass is 16.5. The van der Waals surface area contributed by atoms with Gasteiger partial charge in [-0.3, -0.25) is 0 Å². The van der Waals surface area contributed by atoms with Crippen molar-refractivity contribution in [3.8, 4) is 11.6 Å². The van der Waals surface area contributed by atoms with Gasteiger partial charge in [-0.05, 0) is 37.5 Å². The predicted molar refractivity (Wildman–Crippen MR) is 94.6 cm³/mol. The van der Waals surface area contributed by atoms with Crippen molar-refractivity contribution in [1.29, 1.82) is 0 Å². The van der Waals surface area contributed by atoms with Crippen molar-refractivity contribution in [1.82, 2.24) is 9.97 Å². The van der Waals surface area contributed by atoms with Gasteiger partial charge in [-0.2, -0.15) is 0 Å². The summed E-state index contributed by atoms with van der Waals surface area (Å²) >= 11 is 0. The third kappa shape index (κ3) is 4.15. The van der Waals surface area contributed by atoms with E-state index in [1.807, 2.05) is 18.2 Å². The van der Waals surface area contributed by atoms with E-state index >= 15 is 0 Å². The molecule has 2 rings (SSSR count). The molecule has 0 spiro atoms. The van der Waals surface area contributed by atoms with Crippen LogP contribution in [0.25, 0.3) is 5.57 Å². The Morgan fingerprint density at radius 1 is 1.24 bits per heavy atom. The number of hydrogen-bond donors (Lipinski definition) is 1. The van der Waals surface area contributed by atoms with E-state index in [9.17, 15) is 9.90 Å². The fourth-order valence-electron chi connectivity index (χ4n) is 2.40. The lowest BCUT2D eigenvalue weighted by atomic mass is 10.0. The Morgan fingerprint density at radius 3 is 2.56 bits per heavy atom. The second kappa shape index (κ2) is 7.79. The van der Waals surface area contributed by atoms with E-state index in [0.29, 0.717) is 22.9 Å². The first kappa shape index (κ1) is 18.4. The van der Waals surface area contributed by atoms with E-state index in [4.69, 9.17) is 9.47 Å². The minimum absolute atomic E-state index is 0.0179. The molecule has 6 heteroatoms. The Kier molecular flexibility index (Phi) is 5.75. The third-order valence-corrected chi connectivity index (χ3v) is 3.86. The van der Waals surface area contributed by atoms with Gasteiger partial charge >= 0.3 is 5.97 Å². The number of aromatic nitrogens is 2. The van der Waals surface area contributed by atoms with E-state index in [-0.39, 0.29) is 17.2 Å². The van der Waals surface area contributed by atoms with Gasteiger partial charge in [0.15, 0.2) is 0 Å². The molecule has 0 amide bonds. The Labute approximate surface area is 147 Å². The van der Waals surface area contributed by atoms with Crippen molar-refractivity contribution < 1.29 is 19.4 Å². The molecule has 0 saturated heterocycles. The Bertz CT molecular complexity index is 813. The molecular weight excluding hydrogens is 320 g/mol. The van der Waals surface area contributed by atoms with Crippen molar-refractivity contribution in [3.63, 3.8) is 0 Å². The standard InChI is InChI=1S/C19H22N2O4/c1-11(2)14-7-6-8-15(9-14)25-18-16(12(3)20-10-21-18)17(19(22)23)13(4)24-5/h6-11H,1-5H3,(H,22,23). The number of carboxylic acids is 1. The summed E-state index contributed by atoms with van der Waals surface area (Å²) in [5.41, 5.74) is 1.91. The maximum atomic E-state index is 11.8. The quantitative estimate of drug-likeness (QED) is 0.627. The number of rotatable bonds is 6. The first-order valence-corrected chi connectivity index (χ1v) is 7.93. The number of ether oxygens (including phenoxy) is 2. The van der Waals surface area contributed by atoms with Gasteiger partial charge in [0, 0.05) is 0 Å². The largest absolute Gasteiger partial charge is 0.500 e. The number of hydrogen-bond acceptors (Lipinski definition) is 5. The van der Waals surface area contributed by atoms with Gasteiger partial charge < -0.3 is 14.6 Å². The smallest absolute Gasteiger partial charge is 0.340 e. The van der Waals surface area contributed by atoms with Crippen LogP contribution in [0.3, 0.4) is 0 Å². The fourth-order valence-corrected chi connectivity index (χ4v) is 2.40. The van der Waals surface area contributed by atoms with Gasteiger partial charge in [0.25, 0.3) is 0 Å². The summed E-state index contributed by atoms with van der Waals surface area (Å²) in [4.78, 5) is 20.0. The summed E-state index contributed by atoms with van der Waals surface area (Å²) in [5, 5.41) is 9.61. The molecule has 0 radical (unpaired) electrons. The van der Waals surface area contributed by atoms with E-state index in [2.05, 4.69) is 23.8 Å². The maximum Gasteiger partial charge on any atom is 0.340 e. The monoisotopic (exact) mass is 342 g/mol. The predicted octanol–water partition coefficient (Wildman–Crippen LogP) is 4.16. The summed E-state index contributed by atoms with van der Waals surface area (Å²) in [7, 11) is 1.42. The highest BCUT2D eigenvalue weighted by molar-refractivity contribution is 6.17. The number of carboxylic acid groups (broad SMARTS) is 1. The van der Waals surface area contributed by atoms with Crippen LogP contribution in [0.15, 0.2) is 36.4 Å². The second-order valence-electron chi connectivity index (χ2n) is 5.91. The van der Waals surface area contributed by atoms with Gasteiger partial charge in [-0.15, -0.1) is 0 Å². The third-order valence-electron chi connectivity index (χ3n) is 3.86. The highest BCUT2D eigenvalue weighted by Crippen LogP contribution is 2.33. The van der Waals surface area contributed by atoms with Crippen molar-refractivity contribution in [2.45, 2.75) is 33.6 Å². The molecule has 0 aliphatic rings. The van der Waals surface area contributed by atoms with Crippen LogP contribution >= 0.6 is 0 Å². The fraction of sp³-hybridized carbons (Fsp3) is 0.316. The van der Waals surface area contributed by atoms with Crippen molar-refractivity contribution in [2.24, 2.45) is 0 Å². The molecule has 0 aliphatic carbocycles. The van der Waals surface area contributed by atoms with E-state index in [1.165, 1.54) is 13.4 Å². The molecule has 0 bridgehead atoms. The molecule has 1 aromatic carbocycles. The lowest BCUT2D eigenvalue weighted by Crippen LogP contribution is -2.09. The van der Waals surface area contributed by atoms with E-state index < -0.39 is 5.97 Å². The molecule has 1 N–H and O–H groups in total. The molecule has 132 valence electrons. The van der Waals surface area contributed by atoms with Gasteiger partial charge in [0.2, 0.25) is 5.88 Å². The Morgan fingerprint density at radius 2 is 1.96 bits per heavy atom.